The van der Waals surface area contributed by atoms with Gasteiger partial charge < -0.3 is 4.42 Å². The van der Waals surface area contributed by atoms with E-state index in [4.69, 9.17) is 21.3 Å². The fourth-order valence-electron chi connectivity index (χ4n) is 1.51. The number of hydrogen-bond donors (Lipinski definition) is 0. The molecule has 2 heterocycles. The zero-order chi connectivity index (χ0) is 14.7. The van der Waals surface area contributed by atoms with Crippen molar-refractivity contribution in [3.63, 3.8) is 0 Å². The molecule has 21 heavy (non-hydrogen) atoms. The van der Waals surface area contributed by atoms with Crippen molar-refractivity contribution in [2.75, 3.05) is 0 Å². The lowest BCUT2D eigenvalue weighted by Gasteiger charge is -1.95. The molecule has 0 radical (unpaired) electrons. The van der Waals surface area contributed by atoms with Gasteiger partial charge in [-0.3, -0.25) is 0 Å². The molecule has 0 spiro atoms. The van der Waals surface area contributed by atoms with Crippen molar-refractivity contribution >= 4 is 23.4 Å². The summed E-state index contributed by atoms with van der Waals surface area (Å²) in [7, 11) is 0. The average molecular weight is 316 g/mol. The van der Waals surface area contributed by atoms with Crippen LogP contribution in [0.5, 0.6) is 0 Å². The molecular weight excluding hydrogens is 310 g/mol. The molecule has 3 aromatic rings. The van der Waals surface area contributed by atoms with Gasteiger partial charge in [0, 0.05) is 10.6 Å². The van der Waals surface area contributed by atoms with Crippen LogP contribution in [-0.2, 0) is 0 Å². The molecule has 0 aliphatic rings. The number of rotatable bonds is 3. The van der Waals surface area contributed by atoms with Crippen LogP contribution in [0.3, 0.4) is 0 Å². The normalized spacial score (nSPS) is 10.3. The molecule has 2 aromatic heterocycles. The largest absolute Gasteiger partial charge is 0.411 e. The maximum atomic E-state index is 8.66. The van der Waals surface area contributed by atoms with Crippen LogP contribution in [-0.4, -0.2) is 20.4 Å². The summed E-state index contributed by atoms with van der Waals surface area (Å²) < 4.78 is 5.53. The van der Waals surface area contributed by atoms with Gasteiger partial charge in [0.1, 0.15) is 11.1 Å². The zero-order valence-electron chi connectivity index (χ0n) is 10.4. The van der Waals surface area contributed by atoms with Crippen molar-refractivity contribution in [1.82, 2.24) is 20.4 Å². The second kappa shape index (κ2) is 5.91. The van der Waals surface area contributed by atoms with Gasteiger partial charge in [0.25, 0.3) is 5.22 Å². The molecule has 0 atom stereocenters. The molecule has 0 unspecified atom stereocenters. The van der Waals surface area contributed by atoms with E-state index in [1.54, 1.807) is 30.3 Å². The Balaban J connectivity index is 1.80. The standard InChI is InChI=1S/C13H6ClN5OS/c14-9-3-1-2-8(6-9)12-18-19-13(20-12)21-11-5-4-10(7-15)16-17-11/h1-6H. The van der Waals surface area contributed by atoms with E-state index < -0.39 is 0 Å². The molecule has 6 nitrogen and oxygen atoms in total. The maximum Gasteiger partial charge on any atom is 0.283 e. The minimum atomic E-state index is 0.254. The summed E-state index contributed by atoms with van der Waals surface area (Å²) in [5, 5.41) is 25.7. The number of halogens is 1. The molecule has 102 valence electrons. The topological polar surface area (TPSA) is 88.5 Å². The molecule has 0 bridgehead atoms. The Kier molecular flexibility index (Phi) is 3.81. The van der Waals surface area contributed by atoms with Gasteiger partial charge in [0.15, 0.2) is 5.69 Å². The first-order chi connectivity index (χ1) is 10.2. The minimum absolute atomic E-state index is 0.254. The van der Waals surface area contributed by atoms with Crippen molar-refractivity contribution in [3.05, 3.63) is 47.1 Å². The molecule has 0 amide bonds. The predicted octanol–water partition coefficient (Wildman–Crippen LogP) is 3.20. The molecule has 0 fully saturated rings. The van der Waals surface area contributed by atoms with Gasteiger partial charge in [-0.2, -0.15) is 5.26 Å². The number of aromatic nitrogens is 4. The fourth-order valence-corrected chi connectivity index (χ4v) is 2.30. The SMILES string of the molecule is N#Cc1ccc(Sc2nnc(-c3cccc(Cl)c3)o2)nn1. The van der Waals surface area contributed by atoms with Crippen LogP contribution in [0.4, 0.5) is 0 Å². The van der Waals surface area contributed by atoms with E-state index in [0.717, 1.165) is 5.56 Å². The third-order valence-electron chi connectivity index (χ3n) is 2.42. The van der Waals surface area contributed by atoms with Gasteiger partial charge in [-0.05, 0) is 42.1 Å². The van der Waals surface area contributed by atoms with Crippen molar-refractivity contribution < 1.29 is 4.42 Å². The zero-order valence-corrected chi connectivity index (χ0v) is 12.0. The molecule has 8 heteroatoms. The van der Waals surface area contributed by atoms with Gasteiger partial charge in [0.05, 0.1) is 0 Å². The van der Waals surface area contributed by atoms with Gasteiger partial charge in [-0.25, -0.2) is 0 Å². The second-order valence-electron chi connectivity index (χ2n) is 3.85. The highest BCUT2D eigenvalue weighted by atomic mass is 35.5. The van der Waals surface area contributed by atoms with Crippen LogP contribution in [0.1, 0.15) is 5.69 Å². The molecule has 1 aromatic carbocycles. The van der Waals surface area contributed by atoms with Crippen molar-refractivity contribution in [1.29, 1.82) is 5.26 Å². The summed E-state index contributed by atoms with van der Waals surface area (Å²) in [6, 6.07) is 12.3. The molecule has 0 aliphatic heterocycles. The van der Waals surface area contributed by atoms with Crippen LogP contribution < -0.4 is 0 Å². The molecule has 0 saturated carbocycles. The van der Waals surface area contributed by atoms with Crippen LogP contribution in [0, 0.1) is 11.3 Å². The average Bonchev–Trinajstić information content (AvgIpc) is 2.97. The summed E-state index contributed by atoms with van der Waals surface area (Å²) >= 11 is 7.09. The fraction of sp³-hybridized carbons (Fsp3) is 0. The minimum Gasteiger partial charge on any atom is -0.411 e. The Hall–Kier alpha value is -2.43. The lowest BCUT2D eigenvalue weighted by molar-refractivity contribution is 0.465. The molecule has 3 rings (SSSR count). The van der Waals surface area contributed by atoms with Gasteiger partial charge in [-0.1, -0.05) is 17.7 Å². The first-order valence-electron chi connectivity index (χ1n) is 5.76. The smallest absolute Gasteiger partial charge is 0.283 e. The van der Waals surface area contributed by atoms with E-state index in [1.807, 2.05) is 12.1 Å². The quantitative estimate of drug-likeness (QED) is 0.733. The van der Waals surface area contributed by atoms with E-state index in [1.165, 1.54) is 11.8 Å². The lowest BCUT2D eigenvalue weighted by atomic mass is 10.2. The van der Waals surface area contributed by atoms with Crippen LogP contribution in [0.25, 0.3) is 11.5 Å². The maximum absolute atomic E-state index is 8.66. The van der Waals surface area contributed by atoms with Crippen molar-refractivity contribution in [2.24, 2.45) is 0 Å². The highest BCUT2D eigenvalue weighted by molar-refractivity contribution is 7.99. The predicted molar refractivity (Wildman–Crippen MR) is 75.6 cm³/mol. The third kappa shape index (κ3) is 3.18. The summed E-state index contributed by atoms with van der Waals surface area (Å²) in [5.74, 6) is 0.376. The third-order valence-corrected chi connectivity index (χ3v) is 3.43. The number of hydrogen-bond acceptors (Lipinski definition) is 7. The van der Waals surface area contributed by atoms with E-state index in [9.17, 15) is 0 Å². The Labute approximate surface area is 128 Å². The van der Waals surface area contributed by atoms with E-state index in [2.05, 4.69) is 20.4 Å². The first kappa shape index (κ1) is 13.5. The Bertz CT molecular complexity index is 812. The van der Waals surface area contributed by atoms with E-state index >= 15 is 0 Å². The first-order valence-corrected chi connectivity index (χ1v) is 6.95. The van der Waals surface area contributed by atoms with Crippen LogP contribution in [0.15, 0.2) is 51.1 Å². The highest BCUT2D eigenvalue weighted by Gasteiger charge is 2.11. The Morgan fingerprint density at radius 3 is 2.71 bits per heavy atom. The monoisotopic (exact) mass is 315 g/mol. The van der Waals surface area contributed by atoms with Gasteiger partial charge >= 0.3 is 0 Å². The van der Waals surface area contributed by atoms with Gasteiger partial charge in [-0.15, -0.1) is 20.4 Å². The second-order valence-corrected chi connectivity index (χ2v) is 5.26. The van der Waals surface area contributed by atoms with Crippen molar-refractivity contribution in [2.45, 2.75) is 10.2 Å². The Morgan fingerprint density at radius 1 is 1.10 bits per heavy atom. The summed E-state index contributed by atoms with van der Waals surface area (Å²) in [6.45, 7) is 0. The Morgan fingerprint density at radius 2 is 2.00 bits per heavy atom. The summed E-state index contributed by atoms with van der Waals surface area (Å²) in [4.78, 5) is 0. The van der Waals surface area contributed by atoms with E-state index in [0.29, 0.717) is 21.2 Å². The highest BCUT2D eigenvalue weighted by Crippen LogP contribution is 2.28. The van der Waals surface area contributed by atoms with Crippen LogP contribution >= 0.6 is 23.4 Å². The van der Waals surface area contributed by atoms with Crippen molar-refractivity contribution in [3.8, 4) is 17.5 Å². The molecule has 0 saturated heterocycles. The molecule has 0 aliphatic carbocycles. The summed E-state index contributed by atoms with van der Waals surface area (Å²) in [5.41, 5.74) is 0.997. The number of nitriles is 1. The molecular formula is C13H6ClN5OS. The lowest BCUT2D eigenvalue weighted by Crippen LogP contribution is -1.88. The van der Waals surface area contributed by atoms with Crippen LogP contribution in [0.2, 0.25) is 5.02 Å². The van der Waals surface area contributed by atoms with E-state index in [-0.39, 0.29) is 5.69 Å². The van der Waals surface area contributed by atoms with Gasteiger partial charge in [0.2, 0.25) is 5.89 Å². The number of nitrogens with zero attached hydrogens (tertiary/aromatic N) is 5. The number of benzene rings is 1. The molecule has 0 N–H and O–H groups in total. The summed E-state index contributed by atoms with van der Waals surface area (Å²) in [6.07, 6.45) is 0.